The second-order valence-electron chi connectivity index (χ2n) is 5.78. The van der Waals surface area contributed by atoms with Gasteiger partial charge in [-0.15, -0.1) is 0 Å². The lowest BCUT2D eigenvalue weighted by molar-refractivity contribution is -0.151. The van der Waals surface area contributed by atoms with Crippen LogP contribution in [0.3, 0.4) is 0 Å². The van der Waals surface area contributed by atoms with E-state index in [2.05, 4.69) is 16.9 Å². The third-order valence-electron chi connectivity index (χ3n) is 4.33. The van der Waals surface area contributed by atoms with E-state index in [-0.39, 0.29) is 5.92 Å². The molecule has 0 bridgehead atoms. The summed E-state index contributed by atoms with van der Waals surface area (Å²) in [7, 11) is 0. The molecule has 0 amide bonds. The fraction of sp³-hybridized carbons (Fsp3) is 0.714. The molecule has 1 aromatic heterocycles. The van der Waals surface area contributed by atoms with Crippen LogP contribution in [0.2, 0.25) is 0 Å². The van der Waals surface area contributed by atoms with Crippen molar-refractivity contribution in [3.05, 3.63) is 18.0 Å². The zero-order chi connectivity index (χ0) is 14.0. The van der Waals surface area contributed by atoms with Gasteiger partial charge in [0.15, 0.2) is 0 Å². The van der Waals surface area contributed by atoms with Crippen molar-refractivity contribution >= 4 is 5.97 Å². The largest absolute Gasteiger partial charge is 0.481 e. The number of hydrogen-bond donors (Lipinski definition) is 1. The number of aliphatic carboxylic acids is 1. The van der Waals surface area contributed by atoms with Crippen molar-refractivity contribution in [2.75, 3.05) is 13.1 Å². The van der Waals surface area contributed by atoms with Crippen molar-refractivity contribution in [1.82, 2.24) is 14.7 Å². The van der Waals surface area contributed by atoms with Crippen LogP contribution in [-0.4, -0.2) is 38.8 Å². The predicted octanol–water partition coefficient (Wildman–Crippen LogP) is 1.84. The van der Waals surface area contributed by atoms with Gasteiger partial charge in [-0.2, -0.15) is 5.10 Å². The summed E-state index contributed by atoms with van der Waals surface area (Å²) < 4.78 is 1.90. The molecule has 1 saturated heterocycles. The van der Waals surface area contributed by atoms with Crippen LogP contribution in [0.15, 0.2) is 12.4 Å². The molecular formula is C14H23N3O2. The summed E-state index contributed by atoms with van der Waals surface area (Å²) in [4.78, 5) is 13.8. The molecular weight excluding hydrogens is 242 g/mol. The van der Waals surface area contributed by atoms with Crippen LogP contribution in [0.1, 0.15) is 32.8 Å². The average Bonchev–Trinajstić information content (AvgIpc) is 2.96. The lowest BCUT2D eigenvalue weighted by atomic mass is 9.76. The molecule has 1 aliphatic heterocycles. The van der Waals surface area contributed by atoms with Crippen LogP contribution in [0.5, 0.6) is 0 Å². The molecule has 2 rings (SSSR count). The maximum Gasteiger partial charge on any atom is 0.311 e. The van der Waals surface area contributed by atoms with E-state index < -0.39 is 11.4 Å². The van der Waals surface area contributed by atoms with E-state index in [0.29, 0.717) is 6.54 Å². The van der Waals surface area contributed by atoms with E-state index >= 15 is 0 Å². The van der Waals surface area contributed by atoms with E-state index in [0.717, 1.165) is 31.6 Å². The average molecular weight is 265 g/mol. The second-order valence-corrected chi connectivity index (χ2v) is 5.78. The van der Waals surface area contributed by atoms with Crippen molar-refractivity contribution in [3.8, 4) is 0 Å². The standard InChI is InChI=1S/C14H23N3O2/c1-4-17-9-12(7-15-17)8-16-6-5-14(10-16,11(2)3)13(18)19/h7,9,11H,4-6,8,10H2,1-3H3,(H,18,19). The molecule has 1 N–H and O–H groups in total. The maximum atomic E-state index is 11.6. The molecule has 0 saturated carbocycles. The van der Waals surface area contributed by atoms with Gasteiger partial charge in [0, 0.05) is 31.4 Å². The van der Waals surface area contributed by atoms with Gasteiger partial charge in [0.25, 0.3) is 0 Å². The fourth-order valence-corrected chi connectivity index (χ4v) is 2.86. The lowest BCUT2D eigenvalue weighted by Crippen LogP contribution is -2.39. The van der Waals surface area contributed by atoms with Gasteiger partial charge in [-0.1, -0.05) is 13.8 Å². The van der Waals surface area contributed by atoms with Gasteiger partial charge in [-0.25, -0.2) is 0 Å². The molecule has 19 heavy (non-hydrogen) atoms. The van der Waals surface area contributed by atoms with Crippen molar-refractivity contribution in [2.45, 2.75) is 40.3 Å². The van der Waals surface area contributed by atoms with Gasteiger partial charge in [0.2, 0.25) is 0 Å². The zero-order valence-corrected chi connectivity index (χ0v) is 12.0. The number of carbonyl (C=O) groups is 1. The Morgan fingerprint density at radius 2 is 2.32 bits per heavy atom. The minimum atomic E-state index is -0.658. The van der Waals surface area contributed by atoms with Gasteiger partial charge in [0.1, 0.15) is 0 Å². The fourth-order valence-electron chi connectivity index (χ4n) is 2.86. The number of nitrogens with zero attached hydrogens (tertiary/aromatic N) is 3. The van der Waals surface area contributed by atoms with E-state index in [9.17, 15) is 9.90 Å². The molecule has 0 spiro atoms. The first-order valence-corrected chi connectivity index (χ1v) is 6.95. The highest BCUT2D eigenvalue weighted by Gasteiger charge is 2.47. The summed E-state index contributed by atoms with van der Waals surface area (Å²) in [5.41, 5.74) is 0.576. The normalized spacial score (nSPS) is 24.2. The van der Waals surface area contributed by atoms with Crippen molar-refractivity contribution in [1.29, 1.82) is 0 Å². The molecule has 106 valence electrons. The minimum absolute atomic E-state index is 0.161. The first-order valence-electron chi connectivity index (χ1n) is 6.95. The summed E-state index contributed by atoms with van der Waals surface area (Å²) in [6.45, 7) is 9.21. The van der Waals surface area contributed by atoms with Crippen molar-refractivity contribution < 1.29 is 9.90 Å². The number of aryl methyl sites for hydroxylation is 1. The number of likely N-dealkylation sites (tertiary alicyclic amines) is 1. The summed E-state index contributed by atoms with van der Waals surface area (Å²) in [6.07, 6.45) is 4.65. The molecule has 1 unspecified atom stereocenters. The van der Waals surface area contributed by atoms with E-state index in [4.69, 9.17) is 0 Å². The Morgan fingerprint density at radius 3 is 2.79 bits per heavy atom. The highest BCUT2D eigenvalue weighted by molar-refractivity contribution is 5.75. The molecule has 5 heteroatoms. The molecule has 1 aliphatic rings. The molecule has 0 aromatic carbocycles. The Hall–Kier alpha value is -1.36. The predicted molar refractivity (Wildman–Crippen MR) is 72.7 cm³/mol. The van der Waals surface area contributed by atoms with Crippen LogP contribution < -0.4 is 0 Å². The molecule has 0 aliphatic carbocycles. The second kappa shape index (κ2) is 5.33. The Morgan fingerprint density at radius 1 is 1.58 bits per heavy atom. The highest BCUT2D eigenvalue weighted by atomic mass is 16.4. The lowest BCUT2D eigenvalue weighted by Gasteiger charge is -2.28. The molecule has 2 heterocycles. The van der Waals surface area contributed by atoms with Gasteiger partial charge >= 0.3 is 5.97 Å². The summed E-state index contributed by atoms with van der Waals surface area (Å²) in [6, 6.07) is 0. The van der Waals surface area contributed by atoms with Crippen molar-refractivity contribution in [2.24, 2.45) is 11.3 Å². The number of rotatable bonds is 5. The van der Waals surface area contributed by atoms with Gasteiger partial charge in [-0.05, 0) is 25.8 Å². The van der Waals surface area contributed by atoms with Crippen LogP contribution in [0.4, 0.5) is 0 Å². The topological polar surface area (TPSA) is 58.4 Å². The number of aromatic nitrogens is 2. The molecule has 5 nitrogen and oxygen atoms in total. The number of carboxylic acids is 1. The molecule has 0 radical (unpaired) electrons. The Bertz CT molecular complexity index is 455. The van der Waals surface area contributed by atoms with Crippen LogP contribution in [0.25, 0.3) is 0 Å². The van der Waals surface area contributed by atoms with Gasteiger partial charge in [0.05, 0.1) is 11.6 Å². The van der Waals surface area contributed by atoms with Crippen molar-refractivity contribution in [3.63, 3.8) is 0 Å². The third kappa shape index (κ3) is 2.66. The third-order valence-corrected chi connectivity index (χ3v) is 4.33. The first kappa shape index (κ1) is 14.1. The van der Waals surface area contributed by atoms with Gasteiger partial charge < -0.3 is 5.11 Å². The monoisotopic (exact) mass is 265 g/mol. The van der Waals surface area contributed by atoms with Gasteiger partial charge in [-0.3, -0.25) is 14.4 Å². The zero-order valence-electron chi connectivity index (χ0n) is 12.0. The smallest absolute Gasteiger partial charge is 0.311 e. The highest BCUT2D eigenvalue weighted by Crippen LogP contribution is 2.38. The Labute approximate surface area is 114 Å². The van der Waals surface area contributed by atoms with E-state index in [1.165, 1.54) is 0 Å². The summed E-state index contributed by atoms with van der Waals surface area (Å²) >= 11 is 0. The Kier molecular flexibility index (Phi) is 3.94. The Balaban J connectivity index is 2.03. The van der Waals surface area contributed by atoms with Crippen LogP contribution >= 0.6 is 0 Å². The minimum Gasteiger partial charge on any atom is -0.481 e. The summed E-state index contributed by atoms with van der Waals surface area (Å²) in [5.74, 6) is -0.498. The summed E-state index contributed by atoms with van der Waals surface area (Å²) in [5, 5.41) is 13.8. The number of hydrogen-bond acceptors (Lipinski definition) is 3. The first-order chi connectivity index (χ1) is 8.98. The van der Waals surface area contributed by atoms with E-state index in [1.807, 2.05) is 30.9 Å². The van der Waals surface area contributed by atoms with Crippen LogP contribution in [-0.2, 0) is 17.9 Å². The SMILES string of the molecule is CCn1cc(CN2CCC(C(=O)O)(C(C)C)C2)cn1. The number of carboxylic acid groups (broad SMARTS) is 1. The van der Waals surface area contributed by atoms with Crippen LogP contribution in [0, 0.1) is 11.3 Å². The van der Waals surface area contributed by atoms with E-state index in [1.54, 1.807) is 0 Å². The maximum absolute atomic E-state index is 11.6. The molecule has 1 atom stereocenters. The molecule has 1 fully saturated rings. The molecule has 1 aromatic rings. The quantitative estimate of drug-likeness (QED) is 0.882.